The van der Waals surface area contributed by atoms with Crippen molar-refractivity contribution < 1.29 is 14.5 Å². The maximum Gasteiger partial charge on any atom is 0.273 e. The van der Waals surface area contributed by atoms with Gasteiger partial charge in [-0.15, -0.1) is 0 Å². The number of rotatable bonds is 3. The fourth-order valence-electron chi connectivity index (χ4n) is 2.41. The molecule has 21 heavy (non-hydrogen) atoms. The number of benzene rings is 1. The maximum atomic E-state index is 12.5. The lowest BCUT2D eigenvalue weighted by Crippen LogP contribution is -2.39. The Balaban J connectivity index is 2.26. The first-order valence-electron chi connectivity index (χ1n) is 6.58. The molecule has 0 saturated carbocycles. The minimum atomic E-state index is -0.538. The number of nitrogens with zero attached hydrogens (tertiary/aromatic N) is 3. The van der Waals surface area contributed by atoms with Gasteiger partial charge in [0.05, 0.1) is 35.7 Å². The summed E-state index contributed by atoms with van der Waals surface area (Å²) in [5.41, 5.74) is 0.152. The largest absolute Gasteiger partial charge is 0.496 e. The molecule has 2 rings (SSSR count). The highest BCUT2D eigenvalue weighted by molar-refractivity contribution is 5.97. The van der Waals surface area contributed by atoms with Crippen LogP contribution in [0.1, 0.15) is 23.2 Å². The number of piperidine rings is 1. The molecule has 0 aliphatic carbocycles. The fourth-order valence-corrected chi connectivity index (χ4v) is 2.41. The van der Waals surface area contributed by atoms with Gasteiger partial charge in [-0.2, -0.15) is 5.26 Å². The monoisotopic (exact) mass is 289 g/mol. The van der Waals surface area contributed by atoms with Crippen molar-refractivity contribution in [2.24, 2.45) is 5.92 Å². The van der Waals surface area contributed by atoms with Crippen molar-refractivity contribution in [3.63, 3.8) is 0 Å². The summed E-state index contributed by atoms with van der Waals surface area (Å²) in [6, 6.07) is 6.09. The first-order valence-corrected chi connectivity index (χ1v) is 6.58. The van der Waals surface area contributed by atoms with Crippen molar-refractivity contribution >= 4 is 11.6 Å². The number of hydrogen-bond donors (Lipinski definition) is 0. The van der Waals surface area contributed by atoms with Gasteiger partial charge in [0.1, 0.15) is 5.75 Å². The summed E-state index contributed by atoms with van der Waals surface area (Å²) in [7, 11) is 1.37. The smallest absolute Gasteiger partial charge is 0.273 e. The zero-order chi connectivity index (χ0) is 15.4. The van der Waals surface area contributed by atoms with Crippen LogP contribution in [0.3, 0.4) is 0 Å². The highest BCUT2D eigenvalue weighted by Crippen LogP contribution is 2.27. The zero-order valence-electron chi connectivity index (χ0n) is 11.6. The Morgan fingerprint density at radius 2 is 2.33 bits per heavy atom. The third-order valence-electron chi connectivity index (χ3n) is 3.52. The van der Waals surface area contributed by atoms with Crippen LogP contribution >= 0.6 is 0 Å². The van der Waals surface area contributed by atoms with Crippen LogP contribution in [0.5, 0.6) is 5.75 Å². The number of carbonyl (C=O) groups is 1. The van der Waals surface area contributed by atoms with Gasteiger partial charge in [-0.25, -0.2) is 0 Å². The number of likely N-dealkylation sites (tertiary alicyclic amines) is 1. The molecule has 0 N–H and O–H groups in total. The quantitative estimate of drug-likeness (QED) is 0.626. The molecule has 1 aromatic carbocycles. The van der Waals surface area contributed by atoms with Crippen molar-refractivity contribution in [2.45, 2.75) is 12.8 Å². The van der Waals surface area contributed by atoms with E-state index in [4.69, 9.17) is 10.00 Å². The van der Waals surface area contributed by atoms with E-state index >= 15 is 0 Å². The van der Waals surface area contributed by atoms with E-state index in [2.05, 4.69) is 6.07 Å². The number of nitro groups is 1. The van der Waals surface area contributed by atoms with Gasteiger partial charge < -0.3 is 9.64 Å². The van der Waals surface area contributed by atoms with Crippen molar-refractivity contribution in [1.82, 2.24) is 4.90 Å². The summed E-state index contributed by atoms with van der Waals surface area (Å²) in [5, 5.41) is 19.7. The van der Waals surface area contributed by atoms with Gasteiger partial charge in [0, 0.05) is 19.2 Å². The van der Waals surface area contributed by atoms with E-state index in [0.717, 1.165) is 12.8 Å². The maximum absolute atomic E-state index is 12.5. The molecule has 0 spiro atoms. The van der Waals surface area contributed by atoms with Gasteiger partial charge in [-0.05, 0) is 18.9 Å². The molecule has 1 aliphatic heterocycles. The number of methoxy groups -OCH3 is 1. The minimum absolute atomic E-state index is 0.128. The van der Waals surface area contributed by atoms with Gasteiger partial charge in [-0.3, -0.25) is 14.9 Å². The van der Waals surface area contributed by atoms with Crippen LogP contribution in [0.4, 0.5) is 5.69 Å². The van der Waals surface area contributed by atoms with E-state index in [-0.39, 0.29) is 28.8 Å². The summed E-state index contributed by atoms with van der Waals surface area (Å²) in [5.74, 6) is -0.248. The van der Waals surface area contributed by atoms with Gasteiger partial charge in [-0.1, -0.05) is 0 Å². The number of nitro benzene ring substituents is 1. The van der Waals surface area contributed by atoms with Crippen LogP contribution < -0.4 is 4.74 Å². The van der Waals surface area contributed by atoms with E-state index in [1.54, 1.807) is 4.90 Å². The van der Waals surface area contributed by atoms with Crippen LogP contribution in [-0.4, -0.2) is 35.9 Å². The predicted octanol–water partition coefficient (Wildman–Crippen LogP) is 1.98. The average Bonchev–Trinajstić information content (AvgIpc) is 2.53. The van der Waals surface area contributed by atoms with E-state index in [0.29, 0.717) is 13.1 Å². The summed E-state index contributed by atoms with van der Waals surface area (Å²) in [4.78, 5) is 24.3. The van der Waals surface area contributed by atoms with Crippen molar-refractivity contribution in [3.8, 4) is 11.8 Å². The Morgan fingerprint density at radius 1 is 1.57 bits per heavy atom. The van der Waals surface area contributed by atoms with Gasteiger partial charge >= 0.3 is 0 Å². The molecule has 0 bridgehead atoms. The molecular weight excluding hydrogens is 274 g/mol. The Kier molecular flexibility index (Phi) is 4.38. The number of nitriles is 1. The molecule has 1 fully saturated rings. The van der Waals surface area contributed by atoms with Crippen LogP contribution in [0.25, 0.3) is 0 Å². The van der Waals surface area contributed by atoms with Crippen LogP contribution in [-0.2, 0) is 0 Å². The number of ether oxygens (including phenoxy) is 1. The Labute approximate surface area is 121 Å². The SMILES string of the molecule is COc1cc([N+](=O)[O-])ccc1C(=O)N1CCCC(C#N)C1. The molecule has 7 heteroatoms. The molecule has 110 valence electrons. The number of amides is 1. The second-order valence-corrected chi connectivity index (χ2v) is 4.86. The van der Waals surface area contributed by atoms with Crippen molar-refractivity contribution in [2.75, 3.05) is 20.2 Å². The first kappa shape index (κ1) is 14.8. The second-order valence-electron chi connectivity index (χ2n) is 4.86. The second kappa shape index (κ2) is 6.22. The first-order chi connectivity index (χ1) is 10.1. The van der Waals surface area contributed by atoms with E-state index in [1.165, 1.54) is 25.3 Å². The Morgan fingerprint density at radius 3 is 2.95 bits per heavy atom. The standard InChI is InChI=1S/C14H15N3O4/c1-21-13-7-11(17(19)20)4-5-12(13)14(18)16-6-2-3-10(8-15)9-16/h4-5,7,10H,2-3,6,9H2,1H3. The molecule has 1 saturated heterocycles. The lowest BCUT2D eigenvalue weighted by Gasteiger charge is -2.30. The Bertz CT molecular complexity index is 609. The normalized spacial score (nSPS) is 17.9. The molecule has 1 unspecified atom stereocenters. The van der Waals surface area contributed by atoms with Gasteiger partial charge in [0.2, 0.25) is 0 Å². The highest BCUT2D eigenvalue weighted by atomic mass is 16.6. The van der Waals surface area contributed by atoms with E-state index in [9.17, 15) is 14.9 Å². The molecule has 1 heterocycles. The van der Waals surface area contributed by atoms with Crippen LogP contribution in [0.15, 0.2) is 18.2 Å². The topological polar surface area (TPSA) is 96.5 Å². The molecule has 1 aliphatic rings. The zero-order valence-corrected chi connectivity index (χ0v) is 11.6. The summed E-state index contributed by atoms with van der Waals surface area (Å²) >= 11 is 0. The average molecular weight is 289 g/mol. The predicted molar refractivity (Wildman–Crippen MR) is 73.9 cm³/mol. The molecule has 1 aromatic rings. The third-order valence-corrected chi connectivity index (χ3v) is 3.52. The number of carbonyl (C=O) groups excluding carboxylic acids is 1. The molecule has 7 nitrogen and oxygen atoms in total. The summed E-state index contributed by atoms with van der Waals surface area (Å²) in [6.07, 6.45) is 1.57. The van der Waals surface area contributed by atoms with Crippen molar-refractivity contribution in [1.29, 1.82) is 5.26 Å². The highest BCUT2D eigenvalue weighted by Gasteiger charge is 2.27. The molecule has 0 aromatic heterocycles. The number of non-ortho nitro benzene ring substituents is 1. The van der Waals surface area contributed by atoms with Crippen LogP contribution in [0, 0.1) is 27.4 Å². The van der Waals surface area contributed by atoms with Crippen molar-refractivity contribution in [3.05, 3.63) is 33.9 Å². The fraction of sp³-hybridized carbons (Fsp3) is 0.429. The molecule has 1 amide bonds. The Hall–Kier alpha value is -2.62. The molecule has 1 atom stereocenters. The summed E-state index contributed by atoms with van der Waals surface area (Å²) < 4.78 is 5.08. The van der Waals surface area contributed by atoms with Crippen LogP contribution in [0.2, 0.25) is 0 Å². The lowest BCUT2D eigenvalue weighted by molar-refractivity contribution is -0.384. The number of hydrogen-bond acceptors (Lipinski definition) is 5. The lowest BCUT2D eigenvalue weighted by atomic mass is 9.99. The molecular formula is C14H15N3O4. The third kappa shape index (κ3) is 3.11. The van der Waals surface area contributed by atoms with Gasteiger partial charge in [0.15, 0.2) is 0 Å². The van der Waals surface area contributed by atoms with E-state index in [1.807, 2.05) is 0 Å². The van der Waals surface area contributed by atoms with E-state index < -0.39 is 4.92 Å². The summed E-state index contributed by atoms with van der Waals surface area (Å²) in [6.45, 7) is 0.965. The molecule has 0 radical (unpaired) electrons. The van der Waals surface area contributed by atoms with Gasteiger partial charge in [0.25, 0.3) is 11.6 Å². The minimum Gasteiger partial charge on any atom is -0.496 e.